The SMILES string of the molecule is N#Cc1c(Cl)nsc1NC1CC(N2CCCCC2)C1. The van der Waals surface area contributed by atoms with Crippen LogP contribution in [0.25, 0.3) is 0 Å². The molecular formula is C13H17ClN4S. The first-order valence-electron chi connectivity index (χ1n) is 6.84. The summed E-state index contributed by atoms with van der Waals surface area (Å²) in [7, 11) is 0. The fourth-order valence-corrected chi connectivity index (χ4v) is 3.95. The van der Waals surface area contributed by atoms with Crippen LogP contribution in [0.5, 0.6) is 0 Å². The minimum Gasteiger partial charge on any atom is -0.372 e. The van der Waals surface area contributed by atoms with Gasteiger partial charge in [-0.05, 0) is 50.3 Å². The van der Waals surface area contributed by atoms with Crippen molar-refractivity contribution >= 4 is 28.1 Å². The van der Waals surface area contributed by atoms with Crippen molar-refractivity contribution < 1.29 is 0 Å². The molecule has 0 radical (unpaired) electrons. The van der Waals surface area contributed by atoms with Gasteiger partial charge in [-0.25, -0.2) is 0 Å². The molecule has 4 nitrogen and oxygen atoms in total. The van der Waals surface area contributed by atoms with Gasteiger partial charge in [0.15, 0.2) is 5.15 Å². The topological polar surface area (TPSA) is 52.0 Å². The summed E-state index contributed by atoms with van der Waals surface area (Å²) in [5.74, 6) is 0. The molecule has 0 spiro atoms. The Bertz CT molecular complexity index is 483. The number of hydrogen-bond donors (Lipinski definition) is 1. The predicted octanol–water partition coefficient (Wildman–Crippen LogP) is 3.10. The molecule has 3 rings (SSSR count). The minimum atomic E-state index is 0.321. The molecule has 1 N–H and O–H groups in total. The van der Waals surface area contributed by atoms with Gasteiger partial charge in [-0.2, -0.15) is 9.64 Å². The second-order valence-electron chi connectivity index (χ2n) is 5.35. The van der Waals surface area contributed by atoms with Crippen molar-refractivity contribution in [1.29, 1.82) is 5.26 Å². The van der Waals surface area contributed by atoms with Gasteiger partial charge in [-0.15, -0.1) is 0 Å². The molecule has 0 bridgehead atoms. The molecule has 1 saturated heterocycles. The van der Waals surface area contributed by atoms with Crippen molar-refractivity contribution in [3.8, 4) is 6.07 Å². The Morgan fingerprint density at radius 2 is 2.05 bits per heavy atom. The molecule has 0 amide bonds. The molecule has 0 unspecified atom stereocenters. The van der Waals surface area contributed by atoms with E-state index in [0.29, 0.717) is 16.8 Å². The first kappa shape index (κ1) is 13.2. The van der Waals surface area contributed by atoms with Crippen molar-refractivity contribution in [3.05, 3.63) is 10.7 Å². The lowest BCUT2D eigenvalue weighted by Crippen LogP contribution is -2.51. The Kier molecular flexibility index (Phi) is 3.92. The van der Waals surface area contributed by atoms with Gasteiger partial charge in [-0.1, -0.05) is 18.0 Å². The number of halogens is 1. The zero-order valence-corrected chi connectivity index (χ0v) is 12.3. The van der Waals surface area contributed by atoms with Crippen molar-refractivity contribution in [3.63, 3.8) is 0 Å². The van der Waals surface area contributed by atoms with E-state index in [4.69, 9.17) is 16.9 Å². The Morgan fingerprint density at radius 3 is 2.74 bits per heavy atom. The fourth-order valence-electron chi connectivity index (χ4n) is 2.94. The molecule has 1 aliphatic carbocycles. The molecule has 1 saturated carbocycles. The summed E-state index contributed by atoms with van der Waals surface area (Å²) >= 11 is 7.15. The number of hydrogen-bond acceptors (Lipinski definition) is 5. The maximum Gasteiger partial charge on any atom is 0.162 e. The molecular weight excluding hydrogens is 280 g/mol. The summed E-state index contributed by atoms with van der Waals surface area (Å²) in [4.78, 5) is 2.62. The second kappa shape index (κ2) is 5.66. The quantitative estimate of drug-likeness (QED) is 0.931. The normalized spacial score (nSPS) is 27.6. The zero-order chi connectivity index (χ0) is 13.2. The third-order valence-electron chi connectivity index (χ3n) is 4.12. The van der Waals surface area contributed by atoms with Crippen LogP contribution >= 0.6 is 23.1 Å². The van der Waals surface area contributed by atoms with Crippen LogP contribution in [-0.4, -0.2) is 34.4 Å². The number of piperidine rings is 1. The third-order valence-corrected chi connectivity index (χ3v) is 5.27. The average Bonchev–Trinajstić information content (AvgIpc) is 2.74. The van der Waals surface area contributed by atoms with Crippen LogP contribution in [0, 0.1) is 11.3 Å². The van der Waals surface area contributed by atoms with E-state index in [0.717, 1.165) is 11.0 Å². The number of rotatable bonds is 3. The summed E-state index contributed by atoms with van der Waals surface area (Å²) in [6, 6.07) is 3.31. The number of aromatic nitrogens is 1. The smallest absolute Gasteiger partial charge is 0.162 e. The summed E-state index contributed by atoms with van der Waals surface area (Å²) in [5, 5.41) is 13.6. The van der Waals surface area contributed by atoms with E-state index in [1.165, 1.54) is 56.7 Å². The second-order valence-corrected chi connectivity index (χ2v) is 6.48. The first-order valence-corrected chi connectivity index (χ1v) is 7.99. The van der Waals surface area contributed by atoms with Crippen LogP contribution in [-0.2, 0) is 0 Å². The molecule has 2 aliphatic rings. The van der Waals surface area contributed by atoms with Crippen molar-refractivity contribution in [1.82, 2.24) is 9.27 Å². The third kappa shape index (κ3) is 2.71. The van der Waals surface area contributed by atoms with E-state index >= 15 is 0 Å². The van der Waals surface area contributed by atoms with Gasteiger partial charge in [-0.3, -0.25) is 0 Å². The van der Waals surface area contributed by atoms with Gasteiger partial charge in [0.1, 0.15) is 16.6 Å². The number of likely N-dealkylation sites (tertiary alicyclic amines) is 1. The van der Waals surface area contributed by atoms with Crippen molar-refractivity contribution in [2.75, 3.05) is 18.4 Å². The minimum absolute atomic E-state index is 0.321. The maximum atomic E-state index is 9.03. The standard InChI is InChI=1S/C13H17ClN4S/c14-12-11(8-15)13(19-17-12)16-9-6-10(7-9)18-4-2-1-3-5-18/h9-10,16H,1-7H2. The van der Waals surface area contributed by atoms with E-state index in [2.05, 4.69) is 20.7 Å². The Balaban J connectivity index is 1.52. The number of nitrogens with zero attached hydrogens (tertiary/aromatic N) is 3. The van der Waals surface area contributed by atoms with Gasteiger partial charge in [0.2, 0.25) is 0 Å². The van der Waals surface area contributed by atoms with Crippen molar-refractivity contribution in [2.24, 2.45) is 0 Å². The molecule has 19 heavy (non-hydrogen) atoms. The summed E-state index contributed by atoms with van der Waals surface area (Å²) in [6.45, 7) is 2.51. The number of nitriles is 1. The summed E-state index contributed by atoms with van der Waals surface area (Å²) in [6.07, 6.45) is 6.41. The predicted molar refractivity (Wildman–Crippen MR) is 77.7 cm³/mol. The molecule has 1 aliphatic heterocycles. The summed E-state index contributed by atoms with van der Waals surface area (Å²) < 4.78 is 4.02. The largest absolute Gasteiger partial charge is 0.372 e. The molecule has 0 aromatic carbocycles. The lowest BCUT2D eigenvalue weighted by atomic mass is 9.84. The highest BCUT2D eigenvalue weighted by atomic mass is 35.5. The van der Waals surface area contributed by atoms with Crippen LogP contribution in [0.3, 0.4) is 0 Å². The van der Waals surface area contributed by atoms with Crippen LogP contribution in [0.4, 0.5) is 5.00 Å². The fraction of sp³-hybridized carbons (Fsp3) is 0.692. The number of anilines is 1. The van der Waals surface area contributed by atoms with Crippen LogP contribution < -0.4 is 5.32 Å². The van der Waals surface area contributed by atoms with Crippen LogP contribution in [0.15, 0.2) is 0 Å². The molecule has 0 atom stereocenters. The van der Waals surface area contributed by atoms with Crippen LogP contribution in [0.1, 0.15) is 37.7 Å². The molecule has 1 aromatic heterocycles. The molecule has 1 aromatic rings. The highest BCUT2D eigenvalue weighted by Gasteiger charge is 2.34. The molecule has 102 valence electrons. The van der Waals surface area contributed by atoms with Gasteiger partial charge in [0, 0.05) is 12.1 Å². The lowest BCUT2D eigenvalue weighted by Gasteiger charge is -2.44. The van der Waals surface area contributed by atoms with E-state index < -0.39 is 0 Å². The Labute approximate surface area is 122 Å². The number of nitrogens with one attached hydrogen (secondary N) is 1. The van der Waals surface area contributed by atoms with Crippen LogP contribution in [0.2, 0.25) is 5.15 Å². The molecule has 6 heteroatoms. The van der Waals surface area contributed by atoms with Crippen molar-refractivity contribution in [2.45, 2.75) is 44.2 Å². The first-order chi connectivity index (χ1) is 9.28. The summed E-state index contributed by atoms with van der Waals surface area (Å²) in [5.41, 5.74) is 0.494. The Hall–Kier alpha value is -0.830. The average molecular weight is 297 g/mol. The molecule has 2 fully saturated rings. The highest BCUT2D eigenvalue weighted by Crippen LogP contribution is 2.34. The lowest BCUT2D eigenvalue weighted by molar-refractivity contribution is 0.0960. The monoisotopic (exact) mass is 296 g/mol. The zero-order valence-electron chi connectivity index (χ0n) is 10.7. The van der Waals surface area contributed by atoms with E-state index in [1.807, 2.05) is 0 Å². The van der Waals surface area contributed by atoms with Gasteiger partial charge in [0.25, 0.3) is 0 Å². The highest BCUT2D eigenvalue weighted by molar-refractivity contribution is 7.10. The van der Waals surface area contributed by atoms with Gasteiger partial charge < -0.3 is 10.2 Å². The maximum absolute atomic E-state index is 9.03. The van der Waals surface area contributed by atoms with Gasteiger partial charge in [0.05, 0.1) is 0 Å². The Morgan fingerprint density at radius 1 is 1.32 bits per heavy atom. The van der Waals surface area contributed by atoms with Gasteiger partial charge >= 0.3 is 0 Å². The van der Waals surface area contributed by atoms with E-state index in [9.17, 15) is 0 Å². The molecule has 2 heterocycles. The van der Waals surface area contributed by atoms with E-state index in [-0.39, 0.29) is 0 Å². The van der Waals surface area contributed by atoms with E-state index in [1.54, 1.807) is 0 Å².